The van der Waals surface area contributed by atoms with Crippen molar-refractivity contribution in [3.8, 4) is 0 Å². The summed E-state index contributed by atoms with van der Waals surface area (Å²) in [6, 6.07) is 6.43. The number of carbonyl (C=O) groups excluding carboxylic acids is 2. The number of benzene rings is 1. The van der Waals surface area contributed by atoms with Gasteiger partial charge in [0.1, 0.15) is 0 Å². The van der Waals surface area contributed by atoms with Crippen molar-refractivity contribution in [1.29, 1.82) is 0 Å². The Labute approximate surface area is 152 Å². The lowest BCUT2D eigenvalue weighted by atomic mass is 9.89. The van der Waals surface area contributed by atoms with Gasteiger partial charge < -0.3 is 10.2 Å². The molecule has 1 N–H and O–H groups in total. The van der Waals surface area contributed by atoms with Gasteiger partial charge in [0, 0.05) is 13.1 Å². The molecule has 0 saturated carbocycles. The van der Waals surface area contributed by atoms with Crippen LogP contribution < -0.4 is 5.32 Å². The Balaban J connectivity index is 2.07. The molecule has 1 aliphatic carbocycles. The summed E-state index contributed by atoms with van der Waals surface area (Å²) >= 11 is 0. The first-order valence-electron chi connectivity index (χ1n) is 9.82. The molecule has 0 aromatic heterocycles. The first-order chi connectivity index (χ1) is 12.1. The van der Waals surface area contributed by atoms with Gasteiger partial charge in [0.25, 0.3) is 0 Å². The summed E-state index contributed by atoms with van der Waals surface area (Å²) in [6.07, 6.45) is 7.27. The Morgan fingerprint density at radius 3 is 2.28 bits per heavy atom. The Morgan fingerprint density at radius 2 is 1.68 bits per heavy atom. The second kappa shape index (κ2) is 9.59. The number of hydrogen-bond acceptors (Lipinski definition) is 2. The highest BCUT2D eigenvalue weighted by molar-refractivity contribution is 6.35. The standard InChI is InChI=1S/C21H32N2O2/c1-4-13-23(14-5-2)21(25)20(24)22-19(6-3)18-12-11-16-9-7-8-10-17(16)15-18/h11-12,15,19H,4-10,13-14H2,1-3H3,(H,22,24). The van der Waals surface area contributed by atoms with Gasteiger partial charge in [-0.1, -0.05) is 39.0 Å². The fraction of sp³-hybridized carbons (Fsp3) is 0.619. The van der Waals surface area contributed by atoms with Gasteiger partial charge in [0.05, 0.1) is 6.04 Å². The summed E-state index contributed by atoms with van der Waals surface area (Å²) in [5.74, 6) is -0.883. The lowest BCUT2D eigenvalue weighted by Crippen LogP contribution is -2.44. The zero-order chi connectivity index (χ0) is 18.2. The van der Waals surface area contributed by atoms with Crippen molar-refractivity contribution in [2.75, 3.05) is 13.1 Å². The number of aryl methyl sites for hydroxylation is 2. The maximum atomic E-state index is 12.5. The Hall–Kier alpha value is -1.84. The van der Waals surface area contributed by atoms with Gasteiger partial charge in [-0.05, 0) is 61.6 Å². The normalized spacial score (nSPS) is 14.5. The Bertz CT molecular complexity index is 592. The molecule has 0 heterocycles. The van der Waals surface area contributed by atoms with Crippen LogP contribution in [0.4, 0.5) is 0 Å². The summed E-state index contributed by atoms with van der Waals surface area (Å²) in [4.78, 5) is 26.6. The van der Waals surface area contributed by atoms with Gasteiger partial charge >= 0.3 is 11.8 Å². The van der Waals surface area contributed by atoms with E-state index in [4.69, 9.17) is 0 Å². The second-order valence-corrected chi connectivity index (χ2v) is 6.96. The summed E-state index contributed by atoms with van der Waals surface area (Å²) in [5, 5.41) is 2.96. The van der Waals surface area contributed by atoms with E-state index in [2.05, 4.69) is 23.5 Å². The van der Waals surface area contributed by atoms with Gasteiger partial charge in [-0.25, -0.2) is 0 Å². The first kappa shape index (κ1) is 19.5. The zero-order valence-electron chi connectivity index (χ0n) is 15.9. The van der Waals surface area contributed by atoms with Crippen molar-refractivity contribution in [3.63, 3.8) is 0 Å². The number of nitrogens with zero attached hydrogens (tertiary/aromatic N) is 1. The molecule has 25 heavy (non-hydrogen) atoms. The summed E-state index contributed by atoms with van der Waals surface area (Å²) < 4.78 is 0. The highest BCUT2D eigenvalue weighted by Crippen LogP contribution is 2.26. The molecule has 1 unspecified atom stereocenters. The highest BCUT2D eigenvalue weighted by atomic mass is 16.2. The van der Waals surface area contributed by atoms with Crippen LogP contribution in [0.5, 0.6) is 0 Å². The van der Waals surface area contributed by atoms with Gasteiger partial charge in [-0.15, -0.1) is 0 Å². The molecule has 4 heteroatoms. The molecule has 138 valence electrons. The van der Waals surface area contributed by atoms with Crippen LogP contribution in [-0.2, 0) is 22.4 Å². The largest absolute Gasteiger partial charge is 0.341 e. The van der Waals surface area contributed by atoms with Crippen molar-refractivity contribution in [1.82, 2.24) is 10.2 Å². The molecule has 0 bridgehead atoms. The number of fused-ring (bicyclic) bond motifs is 1. The van der Waals surface area contributed by atoms with Crippen molar-refractivity contribution < 1.29 is 9.59 Å². The van der Waals surface area contributed by atoms with E-state index in [1.807, 2.05) is 20.8 Å². The molecule has 1 aliphatic rings. The molecule has 1 atom stereocenters. The van der Waals surface area contributed by atoms with E-state index in [1.54, 1.807) is 4.90 Å². The molecule has 0 spiro atoms. The molecule has 0 aliphatic heterocycles. The summed E-state index contributed by atoms with van der Waals surface area (Å²) in [7, 11) is 0. The van der Waals surface area contributed by atoms with E-state index in [0.29, 0.717) is 13.1 Å². The smallest absolute Gasteiger partial charge is 0.311 e. The quantitative estimate of drug-likeness (QED) is 0.765. The van der Waals surface area contributed by atoms with E-state index < -0.39 is 11.8 Å². The summed E-state index contributed by atoms with van der Waals surface area (Å²) in [5.41, 5.74) is 3.95. The Morgan fingerprint density at radius 1 is 1.04 bits per heavy atom. The molecule has 0 saturated heterocycles. The van der Waals surface area contributed by atoms with Gasteiger partial charge in [0.15, 0.2) is 0 Å². The number of nitrogens with one attached hydrogen (secondary N) is 1. The maximum Gasteiger partial charge on any atom is 0.311 e. The predicted octanol–water partition coefficient (Wildman–Crippen LogP) is 3.78. The topological polar surface area (TPSA) is 49.4 Å². The van der Waals surface area contributed by atoms with Crippen molar-refractivity contribution in [3.05, 3.63) is 34.9 Å². The number of amides is 2. The number of carbonyl (C=O) groups is 2. The summed E-state index contributed by atoms with van der Waals surface area (Å²) in [6.45, 7) is 7.36. The van der Waals surface area contributed by atoms with E-state index in [0.717, 1.165) is 37.7 Å². The fourth-order valence-corrected chi connectivity index (χ4v) is 3.61. The number of rotatable bonds is 7. The minimum absolute atomic E-state index is 0.103. The van der Waals surface area contributed by atoms with E-state index in [-0.39, 0.29) is 6.04 Å². The minimum atomic E-state index is -0.480. The maximum absolute atomic E-state index is 12.5. The SMILES string of the molecule is CCCN(CCC)C(=O)C(=O)NC(CC)c1ccc2c(c1)CCCC2. The van der Waals surface area contributed by atoms with Crippen LogP contribution in [0.15, 0.2) is 18.2 Å². The lowest BCUT2D eigenvalue weighted by molar-refractivity contribution is -0.146. The monoisotopic (exact) mass is 344 g/mol. The molecule has 0 fully saturated rings. The number of hydrogen-bond donors (Lipinski definition) is 1. The van der Waals surface area contributed by atoms with Crippen LogP contribution in [0.25, 0.3) is 0 Å². The molecule has 2 rings (SSSR count). The molecule has 4 nitrogen and oxygen atoms in total. The van der Waals surface area contributed by atoms with Gasteiger partial charge in [-0.3, -0.25) is 9.59 Å². The fourth-order valence-electron chi connectivity index (χ4n) is 3.61. The van der Waals surface area contributed by atoms with Crippen LogP contribution >= 0.6 is 0 Å². The molecular weight excluding hydrogens is 312 g/mol. The average Bonchev–Trinajstić information content (AvgIpc) is 2.64. The van der Waals surface area contributed by atoms with E-state index in [1.165, 1.54) is 24.0 Å². The lowest BCUT2D eigenvalue weighted by Gasteiger charge is -2.24. The minimum Gasteiger partial charge on any atom is -0.341 e. The van der Waals surface area contributed by atoms with Crippen LogP contribution in [0.3, 0.4) is 0 Å². The van der Waals surface area contributed by atoms with Crippen LogP contribution in [-0.4, -0.2) is 29.8 Å². The molecular formula is C21H32N2O2. The third kappa shape index (κ3) is 5.07. The van der Waals surface area contributed by atoms with Gasteiger partial charge in [-0.2, -0.15) is 0 Å². The third-order valence-electron chi connectivity index (χ3n) is 4.96. The van der Waals surface area contributed by atoms with Gasteiger partial charge in [0.2, 0.25) is 0 Å². The van der Waals surface area contributed by atoms with E-state index >= 15 is 0 Å². The molecule has 1 aromatic carbocycles. The predicted molar refractivity (Wildman–Crippen MR) is 101 cm³/mol. The molecule has 0 radical (unpaired) electrons. The first-order valence-corrected chi connectivity index (χ1v) is 9.82. The van der Waals surface area contributed by atoms with Crippen molar-refractivity contribution in [2.24, 2.45) is 0 Å². The van der Waals surface area contributed by atoms with Crippen molar-refractivity contribution in [2.45, 2.75) is 71.8 Å². The zero-order valence-corrected chi connectivity index (χ0v) is 15.9. The highest BCUT2D eigenvalue weighted by Gasteiger charge is 2.24. The van der Waals surface area contributed by atoms with E-state index in [9.17, 15) is 9.59 Å². The third-order valence-corrected chi connectivity index (χ3v) is 4.96. The molecule has 1 aromatic rings. The van der Waals surface area contributed by atoms with Crippen LogP contribution in [0.1, 0.15) is 75.6 Å². The van der Waals surface area contributed by atoms with Crippen LogP contribution in [0, 0.1) is 0 Å². The average molecular weight is 344 g/mol. The Kier molecular flexibility index (Phi) is 7.48. The van der Waals surface area contributed by atoms with Crippen molar-refractivity contribution >= 4 is 11.8 Å². The second-order valence-electron chi connectivity index (χ2n) is 6.96. The van der Waals surface area contributed by atoms with Crippen LogP contribution in [0.2, 0.25) is 0 Å². The molecule has 2 amide bonds.